The summed E-state index contributed by atoms with van der Waals surface area (Å²) in [7, 11) is -2.52. The van der Waals surface area contributed by atoms with Crippen LogP contribution in [0.3, 0.4) is 0 Å². The van der Waals surface area contributed by atoms with Gasteiger partial charge in [-0.05, 0) is 24.6 Å². The number of hydrogen-bond donors (Lipinski definition) is 1. The summed E-state index contributed by atoms with van der Waals surface area (Å²) in [6.45, 7) is 5.36. The summed E-state index contributed by atoms with van der Waals surface area (Å²) in [5.74, 6) is -0.786. The number of aryl methyl sites for hydroxylation is 1. The molecule has 0 aromatic heterocycles. The third kappa shape index (κ3) is 3.56. The Hall–Kier alpha value is -1.44. The molecule has 20 heavy (non-hydrogen) atoms. The average molecular weight is 302 g/mol. The number of anilines is 1. The molecule has 0 saturated heterocycles. The van der Waals surface area contributed by atoms with Crippen molar-refractivity contribution < 1.29 is 17.5 Å². The maximum atomic E-state index is 14.1. The van der Waals surface area contributed by atoms with E-state index in [-0.39, 0.29) is 30.9 Å². The highest BCUT2D eigenvalue weighted by atomic mass is 32.2. The van der Waals surface area contributed by atoms with Crippen molar-refractivity contribution in [1.82, 2.24) is 4.31 Å². The van der Waals surface area contributed by atoms with Gasteiger partial charge in [-0.15, -0.1) is 6.58 Å². The largest absolute Gasteiger partial charge is 0.399 e. The van der Waals surface area contributed by atoms with Gasteiger partial charge in [0, 0.05) is 25.9 Å². The van der Waals surface area contributed by atoms with E-state index in [0.29, 0.717) is 0 Å². The Bertz CT molecular complexity index is 588. The summed E-state index contributed by atoms with van der Waals surface area (Å²) in [6.07, 6.45) is 1.43. The summed E-state index contributed by atoms with van der Waals surface area (Å²) in [5.41, 5.74) is 6.00. The highest BCUT2D eigenvalue weighted by molar-refractivity contribution is 7.89. The Morgan fingerprint density at radius 2 is 2.15 bits per heavy atom. The van der Waals surface area contributed by atoms with Crippen molar-refractivity contribution in [3.8, 4) is 0 Å². The maximum absolute atomic E-state index is 14.1. The van der Waals surface area contributed by atoms with E-state index in [1.54, 1.807) is 0 Å². The smallest absolute Gasteiger partial charge is 0.246 e. The Morgan fingerprint density at radius 3 is 2.70 bits per heavy atom. The van der Waals surface area contributed by atoms with Gasteiger partial charge in [-0.25, -0.2) is 12.8 Å². The van der Waals surface area contributed by atoms with Gasteiger partial charge in [-0.3, -0.25) is 0 Å². The number of nitrogen functional groups attached to an aromatic ring is 1. The molecule has 0 spiro atoms. The molecule has 2 N–H and O–H groups in total. The van der Waals surface area contributed by atoms with Crippen molar-refractivity contribution in [3.63, 3.8) is 0 Å². The van der Waals surface area contributed by atoms with Crippen LogP contribution in [0.4, 0.5) is 10.1 Å². The van der Waals surface area contributed by atoms with Crippen molar-refractivity contribution >= 4 is 15.7 Å². The van der Waals surface area contributed by atoms with Crippen LogP contribution < -0.4 is 5.73 Å². The van der Waals surface area contributed by atoms with Crippen molar-refractivity contribution in [2.24, 2.45) is 0 Å². The van der Waals surface area contributed by atoms with Crippen LogP contribution in [0, 0.1) is 12.7 Å². The second-order valence-corrected chi connectivity index (χ2v) is 6.20. The van der Waals surface area contributed by atoms with E-state index in [1.165, 1.54) is 26.2 Å². The van der Waals surface area contributed by atoms with E-state index in [2.05, 4.69) is 6.58 Å². The van der Waals surface area contributed by atoms with Crippen molar-refractivity contribution in [1.29, 1.82) is 0 Å². The molecule has 1 aromatic carbocycles. The van der Waals surface area contributed by atoms with Crippen LogP contribution in [0.15, 0.2) is 29.7 Å². The molecule has 0 radical (unpaired) electrons. The van der Waals surface area contributed by atoms with Gasteiger partial charge in [0.15, 0.2) is 0 Å². The normalized spacial score (nSPS) is 11.8. The van der Waals surface area contributed by atoms with E-state index in [1.807, 2.05) is 0 Å². The molecule has 0 heterocycles. The number of hydrogen-bond acceptors (Lipinski definition) is 4. The van der Waals surface area contributed by atoms with E-state index >= 15 is 0 Å². The van der Waals surface area contributed by atoms with Crippen LogP contribution in [0.2, 0.25) is 0 Å². The molecule has 0 amide bonds. The van der Waals surface area contributed by atoms with Crippen LogP contribution in [0.25, 0.3) is 0 Å². The third-order valence-electron chi connectivity index (χ3n) is 2.74. The van der Waals surface area contributed by atoms with E-state index < -0.39 is 20.7 Å². The monoisotopic (exact) mass is 302 g/mol. The Labute approximate surface area is 118 Å². The number of ether oxygens (including phenoxy) is 1. The first-order chi connectivity index (χ1) is 9.34. The Balaban J connectivity index is 3.28. The first-order valence-electron chi connectivity index (χ1n) is 6.00. The molecular weight excluding hydrogens is 283 g/mol. The first kappa shape index (κ1) is 16.6. The van der Waals surface area contributed by atoms with Crippen molar-refractivity contribution in [2.45, 2.75) is 11.8 Å². The van der Waals surface area contributed by atoms with E-state index in [0.717, 1.165) is 10.4 Å². The second-order valence-electron chi connectivity index (χ2n) is 4.29. The zero-order valence-electron chi connectivity index (χ0n) is 11.6. The lowest BCUT2D eigenvalue weighted by Gasteiger charge is -2.21. The number of sulfonamides is 1. The van der Waals surface area contributed by atoms with Crippen molar-refractivity contribution in [2.75, 3.05) is 32.5 Å². The van der Waals surface area contributed by atoms with Crippen LogP contribution in [-0.4, -0.2) is 39.5 Å². The third-order valence-corrected chi connectivity index (χ3v) is 4.60. The molecule has 0 unspecified atom stereocenters. The fourth-order valence-electron chi connectivity index (χ4n) is 1.74. The van der Waals surface area contributed by atoms with Crippen LogP contribution in [0.5, 0.6) is 0 Å². The molecule has 0 fully saturated rings. The quantitative estimate of drug-likeness (QED) is 0.612. The summed E-state index contributed by atoms with van der Waals surface area (Å²) in [6, 6.07) is 2.52. The number of nitrogens with zero attached hydrogens (tertiary/aromatic N) is 1. The summed E-state index contributed by atoms with van der Waals surface area (Å²) in [4.78, 5) is -0.423. The summed E-state index contributed by atoms with van der Waals surface area (Å²) in [5, 5.41) is 0. The topological polar surface area (TPSA) is 72.6 Å². The highest BCUT2D eigenvalue weighted by Crippen LogP contribution is 2.24. The van der Waals surface area contributed by atoms with Crippen molar-refractivity contribution in [3.05, 3.63) is 36.2 Å². The minimum atomic E-state index is -3.98. The van der Waals surface area contributed by atoms with Gasteiger partial charge in [0.05, 0.1) is 6.61 Å². The predicted octanol–water partition coefficient (Wildman–Crippen LogP) is 1.54. The minimum Gasteiger partial charge on any atom is -0.399 e. The molecule has 7 heteroatoms. The molecule has 0 saturated carbocycles. The number of benzene rings is 1. The molecule has 1 rings (SSSR count). The Kier molecular flexibility index (Phi) is 5.67. The zero-order chi connectivity index (χ0) is 15.3. The number of rotatable bonds is 7. The summed E-state index contributed by atoms with van der Waals surface area (Å²) < 4.78 is 45.0. The number of methoxy groups -OCH3 is 1. The maximum Gasteiger partial charge on any atom is 0.246 e. The molecule has 0 atom stereocenters. The van der Waals surface area contributed by atoms with Gasteiger partial charge in [0.25, 0.3) is 0 Å². The van der Waals surface area contributed by atoms with Gasteiger partial charge >= 0.3 is 0 Å². The fourth-order valence-corrected chi connectivity index (χ4v) is 3.30. The van der Waals surface area contributed by atoms with Gasteiger partial charge in [0.1, 0.15) is 10.7 Å². The SMILES string of the molecule is C=CCN(CCOC)S(=O)(=O)c1cc(N)cc(C)c1F. The van der Waals surface area contributed by atoms with Gasteiger partial charge in [0.2, 0.25) is 10.0 Å². The van der Waals surface area contributed by atoms with Crippen LogP contribution in [-0.2, 0) is 14.8 Å². The van der Waals surface area contributed by atoms with Gasteiger partial charge in [-0.2, -0.15) is 4.31 Å². The van der Waals surface area contributed by atoms with Gasteiger partial charge in [-0.1, -0.05) is 6.08 Å². The standard InChI is InChI=1S/C13H19FN2O3S/c1-4-5-16(6-7-19-3)20(17,18)12-9-11(15)8-10(2)13(12)14/h4,8-9H,1,5-7,15H2,2-3H3. The Morgan fingerprint density at radius 1 is 1.50 bits per heavy atom. The molecule has 0 aliphatic rings. The van der Waals surface area contributed by atoms with Gasteiger partial charge < -0.3 is 10.5 Å². The lowest BCUT2D eigenvalue weighted by Crippen LogP contribution is -2.34. The molecular formula is C13H19FN2O3S. The predicted molar refractivity (Wildman–Crippen MR) is 76.4 cm³/mol. The minimum absolute atomic E-state index is 0.0684. The molecule has 0 aliphatic carbocycles. The molecule has 5 nitrogen and oxygen atoms in total. The highest BCUT2D eigenvalue weighted by Gasteiger charge is 2.27. The molecule has 112 valence electrons. The number of halogens is 1. The van der Waals surface area contributed by atoms with E-state index in [9.17, 15) is 12.8 Å². The molecule has 1 aromatic rings. The lowest BCUT2D eigenvalue weighted by molar-refractivity contribution is 0.182. The second kappa shape index (κ2) is 6.83. The first-order valence-corrected chi connectivity index (χ1v) is 7.44. The number of nitrogens with two attached hydrogens (primary N) is 1. The lowest BCUT2D eigenvalue weighted by atomic mass is 10.2. The molecule has 0 aliphatic heterocycles. The summed E-state index contributed by atoms with van der Waals surface area (Å²) >= 11 is 0. The average Bonchev–Trinajstić information content (AvgIpc) is 2.38. The van der Waals surface area contributed by atoms with Crippen LogP contribution in [0.1, 0.15) is 5.56 Å². The fraction of sp³-hybridized carbons (Fsp3) is 0.385. The van der Waals surface area contributed by atoms with Crippen LogP contribution >= 0.6 is 0 Å². The zero-order valence-corrected chi connectivity index (χ0v) is 12.4. The molecule has 0 bridgehead atoms. The van der Waals surface area contributed by atoms with E-state index in [4.69, 9.17) is 10.5 Å².